The van der Waals surface area contributed by atoms with Gasteiger partial charge < -0.3 is 10.8 Å². The molecule has 1 aliphatic heterocycles. The van der Waals surface area contributed by atoms with Crippen LogP contribution < -0.4 is 10.0 Å². The van der Waals surface area contributed by atoms with E-state index in [-0.39, 0.29) is 12.6 Å². The van der Waals surface area contributed by atoms with Crippen molar-refractivity contribution in [1.82, 2.24) is 0 Å². The molecule has 0 fully saturated rings. The summed E-state index contributed by atoms with van der Waals surface area (Å²) < 4.78 is 25.1. The largest absolute Gasteiger partial charge is 0.480 e. The van der Waals surface area contributed by atoms with Crippen molar-refractivity contribution in [3.63, 3.8) is 0 Å². The maximum absolute atomic E-state index is 12.0. The molecule has 18 heavy (non-hydrogen) atoms. The fourth-order valence-electron chi connectivity index (χ4n) is 2.08. The molecule has 3 N–H and O–H groups in total. The minimum absolute atomic E-state index is 0.118. The first kappa shape index (κ1) is 12.8. The monoisotopic (exact) mass is 270 g/mol. The number of fused-ring (bicyclic) bond motifs is 1. The second-order valence-corrected chi connectivity index (χ2v) is 6.17. The van der Waals surface area contributed by atoms with Crippen LogP contribution in [0.5, 0.6) is 0 Å². The highest BCUT2D eigenvalue weighted by molar-refractivity contribution is 7.93. The molecule has 1 aromatic rings. The Hall–Kier alpha value is -1.60. The summed E-state index contributed by atoms with van der Waals surface area (Å²) >= 11 is 0. The number of nitrogens with zero attached hydrogens (tertiary/aromatic N) is 1. The summed E-state index contributed by atoms with van der Waals surface area (Å²) in [5.41, 5.74) is 7.17. The molecule has 0 aromatic heterocycles. The van der Waals surface area contributed by atoms with Crippen molar-refractivity contribution in [3.05, 3.63) is 29.8 Å². The van der Waals surface area contributed by atoms with Crippen LogP contribution in [0.4, 0.5) is 5.69 Å². The second-order valence-electron chi connectivity index (χ2n) is 4.27. The summed E-state index contributed by atoms with van der Waals surface area (Å²) in [5.74, 6) is -2.29. The lowest BCUT2D eigenvalue weighted by molar-refractivity contribution is -0.134. The number of rotatable bonds is 3. The molecule has 0 saturated carbocycles. The first-order valence-corrected chi connectivity index (χ1v) is 7.07. The van der Waals surface area contributed by atoms with E-state index in [2.05, 4.69) is 0 Å². The molecule has 98 valence electrons. The number of benzene rings is 1. The number of carbonyl (C=O) groups is 1. The summed E-state index contributed by atoms with van der Waals surface area (Å²) in [7, 11) is -3.88. The lowest BCUT2D eigenvalue weighted by atomic mass is 10.0. The smallest absolute Gasteiger partial charge is 0.320 e. The van der Waals surface area contributed by atoms with Crippen LogP contribution in [-0.2, 0) is 21.2 Å². The van der Waals surface area contributed by atoms with E-state index in [1.807, 2.05) is 0 Å². The number of aliphatic carboxylic acids is 1. The van der Waals surface area contributed by atoms with Crippen molar-refractivity contribution >= 4 is 21.7 Å². The molecule has 0 radical (unpaired) electrons. The first-order chi connectivity index (χ1) is 8.40. The van der Waals surface area contributed by atoms with E-state index in [4.69, 9.17) is 10.8 Å². The molecule has 0 aliphatic carbocycles. The van der Waals surface area contributed by atoms with Crippen LogP contribution in [0.15, 0.2) is 24.3 Å². The normalized spacial score (nSPS) is 19.4. The zero-order valence-corrected chi connectivity index (χ0v) is 10.4. The van der Waals surface area contributed by atoms with Crippen LogP contribution in [0.25, 0.3) is 0 Å². The fourth-order valence-corrected chi connectivity index (χ4v) is 3.45. The number of para-hydroxylation sites is 1. The van der Waals surface area contributed by atoms with E-state index in [9.17, 15) is 13.2 Å². The van der Waals surface area contributed by atoms with Crippen molar-refractivity contribution in [2.45, 2.75) is 12.5 Å². The highest BCUT2D eigenvalue weighted by Gasteiger charge is 2.31. The van der Waals surface area contributed by atoms with Crippen LogP contribution >= 0.6 is 0 Å². The van der Waals surface area contributed by atoms with Gasteiger partial charge in [0.2, 0.25) is 10.0 Å². The third-order valence-electron chi connectivity index (χ3n) is 2.78. The SMILES string of the molecule is NC1Cc2ccccc2N(S(=O)(=O)CC(=O)O)C1. The molecule has 0 saturated heterocycles. The van der Waals surface area contributed by atoms with Gasteiger partial charge in [-0.15, -0.1) is 0 Å². The van der Waals surface area contributed by atoms with Gasteiger partial charge in [-0.2, -0.15) is 0 Å². The maximum atomic E-state index is 12.0. The summed E-state index contributed by atoms with van der Waals surface area (Å²) in [5, 5.41) is 8.66. The van der Waals surface area contributed by atoms with E-state index in [0.717, 1.165) is 9.87 Å². The summed E-state index contributed by atoms with van der Waals surface area (Å²) in [6.07, 6.45) is 0.593. The Bertz CT molecular complexity index is 570. The van der Waals surface area contributed by atoms with Crippen molar-refractivity contribution < 1.29 is 18.3 Å². The topological polar surface area (TPSA) is 101 Å². The molecular weight excluding hydrogens is 256 g/mol. The third-order valence-corrected chi connectivity index (χ3v) is 4.41. The summed E-state index contributed by atoms with van der Waals surface area (Å²) in [6, 6.07) is 6.68. The Morgan fingerprint density at radius 2 is 2.11 bits per heavy atom. The lowest BCUT2D eigenvalue weighted by Crippen LogP contribution is -2.47. The van der Waals surface area contributed by atoms with Crippen LogP contribution in [-0.4, -0.2) is 37.8 Å². The van der Waals surface area contributed by atoms with Gasteiger partial charge in [-0.3, -0.25) is 9.10 Å². The predicted molar refractivity (Wildman–Crippen MR) is 66.9 cm³/mol. The maximum Gasteiger partial charge on any atom is 0.320 e. The molecule has 6 nitrogen and oxygen atoms in total. The number of nitrogens with two attached hydrogens (primary N) is 1. The van der Waals surface area contributed by atoms with E-state index in [1.165, 1.54) is 0 Å². The Kier molecular flexibility index (Phi) is 3.27. The van der Waals surface area contributed by atoms with Gasteiger partial charge in [0.1, 0.15) is 0 Å². The molecule has 1 aliphatic rings. The van der Waals surface area contributed by atoms with Gasteiger partial charge >= 0.3 is 5.97 Å². The van der Waals surface area contributed by atoms with Crippen molar-refractivity contribution in [1.29, 1.82) is 0 Å². The molecule has 2 rings (SSSR count). The summed E-state index contributed by atoms with van der Waals surface area (Å²) in [6.45, 7) is 0.118. The molecule has 0 bridgehead atoms. The number of carboxylic acids is 1. The predicted octanol–water partition coefficient (Wildman–Crippen LogP) is -0.209. The molecule has 1 heterocycles. The van der Waals surface area contributed by atoms with E-state index >= 15 is 0 Å². The van der Waals surface area contributed by atoms with Crippen LogP contribution in [0, 0.1) is 0 Å². The highest BCUT2D eigenvalue weighted by atomic mass is 32.2. The Labute approximate surface area is 105 Å². The molecule has 1 atom stereocenters. The lowest BCUT2D eigenvalue weighted by Gasteiger charge is -2.33. The summed E-state index contributed by atoms with van der Waals surface area (Å²) in [4.78, 5) is 10.6. The van der Waals surface area contributed by atoms with Crippen LogP contribution in [0.1, 0.15) is 5.56 Å². The van der Waals surface area contributed by atoms with E-state index < -0.39 is 21.7 Å². The Morgan fingerprint density at radius 3 is 2.78 bits per heavy atom. The average Bonchev–Trinajstić information content (AvgIpc) is 2.26. The van der Waals surface area contributed by atoms with E-state index in [1.54, 1.807) is 24.3 Å². The minimum atomic E-state index is -3.88. The molecule has 0 amide bonds. The highest BCUT2D eigenvalue weighted by Crippen LogP contribution is 2.28. The van der Waals surface area contributed by atoms with Crippen molar-refractivity contribution in [2.24, 2.45) is 5.73 Å². The number of hydrogen-bond acceptors (Lipinski definition) is 4. The molecule has 1 aromatic carbocycles. The van der Waals surface area contributed by atoms with Gasteiger partial charge in [0.15, 0.2) is 5.75 Å². The van der Waals surface area contributed by atoms with Crippen LogP contribution in [0.3, 0.4) is 0 Å². The van der Waals surface area contributed by atoms with Crippen molar-refractivity contribution in [3.8, 4) is 0 Å². The van der Waals surface area contributed by atoms with E-state index in [0.29, 0.717) is 12.1 Å². The van der Waals surface area contributed by atoms with Gasteiger partial charge in [0.05, 0.1) is 5.69 Å². The van der Waals surface area contributed by atoms with Gasteiger partial charge in [0.25, 0.3) is 0 Å². The van der Waals surface area contributed by atoms with Gasteiger partial charge in [-0.1, -0.05) is 18.2 Å². The number of anilines is 1. The number of sulfonamides is 1. The Balaban J connectivity index is 2.43. The number of carboxylic acid groups (broad SMARTS) is 1. The quantitative estimate of drug-likeness (QED) is 0.791. The minimum Gasteiger partial charge on any atom is -0.480 e. The zero-order chi connectivity index (χ0) is 13.3. The molecular formula is C11H14N2O4S. The molecule has 1 unspecified atom stereocenters. The third kappa shape index (κ3) is 2.46. The molecule has 7 heteroatoms. The second kappa shape index (κ2) is 4.58. The molecule has 0 spiro atoms. The van der Waals surface area contributed by atoms with Gasteiger partial charge in [0, 0.05) is 12.6 Å². The zero-order valence-electron chi connectivity index (χ0n) is 9.61. The van der Waals surface area contributed by atoms with Gasteiger partial charge in [-0.05, 0) is 18.1 Å². The first-order valence-electron chi connectivity index (χ1n) is 5.46. The standard InChI is InChI=1S/C11H14N2O4S/c12-9-5-8-3-1-2-4-10(8)13(6-9)18(16,17)7-11(14)15/h1-4,9H,5-7,12H2,(H,14,15). The van der Waals surface area contributed by atoms with Crippen molar-refractivity contribution in [2.75, 3.05) is 16.6 Å². The fraction of sp³-hybridized carbons (Fsp3) is 0.364. The average molecular weight is 270 g/mol. The Morgan fingerprint density at radius 1 is 1.44 bits per heavy atom. The number of hydrogen-bond donors (Lipinski definition) is 2. The van der Waals surface area contributed by atoms with Crippen LogP contribution in [0.2, 0.25) is 0 Å². The van der Waals surface area contributed by atoms with Gasteiger partial charge in [-0.25, -0.2) is 8.42 Å².